The Hall–Kier alpha value is -2.21. The van der Waals surface area contributed by atoms with Gasteiger partial charge in [-0.05, 0) is 19.1 Å². The normalized spacial score (nSPS) is 10.5. The minimum absolute atomic E-state index is 0.0392. The average Bonchev–Trinajstić information content (AvgIpc) is 2.88. The molecular weight excluding hydrogens is 260 g/mol. The first-order valence-electron chi connectivity index (χ1n) is 6.29. The number of methoxy groups -OCH3 is 1. The van der Waals surface area contributed by atoms with E-state index >= 15 is 0 Å². The van der Waals surface area contributed by atoms with E-state index < -0.39 is 0 Å². The molecule has 0 unspecified atom stereocenters. The molecule has 1 aromatic carbocycles. The number of hydrogen-bond donors (Lipinski definition) is 0. The van der Waals surface area contributed by atoms with Crippen molar-refractivity contribution >= 4 is 5.78 Å². The van der Waals surface area contributed by atoms with E-state index in [1.807, 2.05) is 31.2 Å². The van der Waals surface area contributed by atoms with Gasteiger partial charge in [0.05, 0.1) is 13.0 Å². The molecule has 0 spiro atoms. The van der Waals surface area contributed by atoms with E-state index in [4.69, 9.17) is 14.0 Å². The lowest BCUT2D eigenvalue weighted by atomic mass is 10.2. The minimum atomic E-state index is -0.106. The van der Waals surface area contributed by atoms with Crippen LogP contribution in [0.3, 0.4) is 0 Å². The molecule has 1 aromatic heterocycles. The quantitative estimate of drug-likeness (QED) is 0.768. The van der Waals surface area contributed by atoms with Crippen molar-refractivity contribution in [3.8, 4) is 17.1 Å². The molecule has 2 rings (SSSR count). The van der Waals surface area contributed by atoms with Gasteiger partial charge in [-0.2, -0.15) is 4.98 Å². The Morgan fingerprint density at radius 3 is 3.00 bits per heavy atom. The molecule has 2 aromatic rings. The largest absolute Gasteiger partial charge is 0.494 e. The predicted molar refractivity (Wildman–Crippen MR) is 71.5 cm³/mol. The average molecular weight is 276 g/mol. The third-order valence-electron chi connectivity index (χ3n) is 2.53. The first kappa shape index (κ1) is 14.2. The number of ether oxygens (including phenoxy) is 2. The summed E-state index contributed by atoms with van der Waals surface area (Å²) in [6.45, 7) is 2.55. The van der Waals surface area contributed by atoms with E-state index in [-0.39, 0.29) is 24.7 Å². The first-order valence-corrected chi connectivity index (χ1v) is 6.29. The fourth-order valence-corrected chi connectivity index (χ4v) is 1.72. The molecular formula is C14H16N2O4. The third-order valence-corrected chi connectivity index (χ3v) is 2.53. The summed E-state index contributed by atoms with van der Waals surface area (Å²) in [5, 5.41) is 3.87. The Bertz CT molecular complexity index is 580. The highest BCUT2D eigenvalue weighted by Gasteiger charge is 2.12. The second-order valence-corrected chi connectivity index (χ2v) is 4.12. The topological polar surface area (TPSA) is 74.5 Å². The number of aromatic nitrogens is 2. The van der Waals surface area contributed by atoms with Crippen molar-refractivity contribution in [2.45, 2.75) is 13.3 Å². The van der Waals surface area contributed by atoms with Crippen molar-refractivity contribution in [1.82, 2.24) is 10.1 Å². The Balaban J connectivity index is 2.12. The van der Waals surface area contributed by atoms with Crippen molar-refractivity contribution in [2.75, 3.05) is 20.3 Å². The van der Waals surface area contributed by atoms with Gasteiger partial charge in [0.25, 0.3) is 0 Å². The summed E-state index contributed by atoms with van der Waals surface area (Å²) in [6.07, 6.45) is 0.0754. The van der Waals surface area contributed by atoms with Crippen LogP contribution in [0.2, 0.25) is 0 Å². The van der Waals surface area contributed by atoms with Gasteiger partial charge in [-0.25, -0.2) is 0 Å². The molecule has 0 N–H and O–H groups in total. The number of carbonyl (C=O) groups excluding carboxylic acids is 1. The Labute approximate surface area is 116 Å². The molecule has 1 heterocycles. The summed E-state index contributed by atoms with van der Waals surface area (Å²) in [4.78, 5) is 15.6. The van der Waals surface area contributed by atoms with Gasteiger partial charge in [0.15, 0.2) is 5.78 Å². The van der Waals surface area contributed by atoms with Gasteiger partial charge in [0, 0.05) is 12.7 Å². The fourth-order valence-electron chi connectivity index (χ4n) is 1.72. The van der Waals surface area contributed by atoms with E-state index in [2.05, 4.69) is 10.1 Å². The van der Waals surface area contributed by atoms with Gasteiger partial charge in [0.1, 0.15) is 12.4 Å². The molecule has 0 bridgehead atoms. The zero-order chi connectivity index (χ0) is 14.4. The number of Topliss-reactive ketones (excluding diaryl/α,β-unsaturated/α-hetero) is 1. The zero-order valence-electron chi connectivity index (χ0n) is 11.5. The zero-order valence-corrected chi connectivity index (χ0v) is 11.5. The smallest absolute Gasteiger partial charge is 0.234 e. The first-order chi connectivity index (χ1) is 9.72. The van der Waals surface area contributed by atoms with Gasteiger partial charge in [-0.1, -0.05) is 17.3 Å². The highest BCUT2D eigenvalue weighted by atomic mass is 16.5. The van der Waals surface area contributed by atoms with Crippen LogP contribution in [0.15, 0.2) is 28.8 Å². The maximum absolute atomic E-state index is 11.4. The minimum Gasteiger partial charge on any atom is -0.494 e. The van der Waals surface area contributed by atoms with Crippen LogP contribution in [-0.2, 0) is 16.0 Å². The van der Waals surface area contributed by atoms with Gasteiger partial charge >= 0.3 is 0 Å². The number of nitrogens with zero attached hydrogens (tertiary/aromatic N) is 2. The predicted octanol–water partition coefficient (Wildman–Crippen LogP) is 1.89. The maximum Gasteiger partial charge on any atom is 0.234 e. The highest BCUT2D eigenvalue weighted by Crippen LogP contribution is 2.21. The van der Waals surface area contributed by atoms with Crippen LogP contribution in [0.5, 0.6) is 5.75 Å². The van der Waals surface area contributed by atoms with Gasteiger partial charge < -0.3 is 14.0 Å². The fraction of sp³-hybridized carbons (Fsp3) is 0.357. The monoisotopic (exact) mass is 276 g/mol. The van der Waals surface area contributed by atoms with Crippen molar-refractivity contribution in [1.29, 1.82) is 0 Å². The standard InChI is InChI=1S/C14H16N2O4/c1-3-19-12-6-4-5-10(7-12)14-15-13(20-16-14)8-11(17)9-18-2/h4-7H,3,8-9H2,1-2H3. The van der Waals surface area contributed by atoms with Crippen LogP contribution in [0.1, 0.15) is 12.8 Å². The van der Waals surface area contributed by atoms with Crippen molar-refractivity contribution in [2.24, 2.45) is 0 Å². The van der Waals surface area contributed by atoms with Crippen LogP contribution in [0.25, 0.3) is 11.4 Å². The second kappa shape index (κ2) is 6.81. The van der Waals surface area contributed by atoms with Crippen LogP contribution >= 0.6 is 0 Å². The van der Waals surface area contributed by atoms with Gasteiger partial charge in [-0.15, -0.1) is 0 Å². The number of ketones is 1. The third kappa shape index (κ3) is 3.64. The van der Waals surface area contributed by atoms with Crippen LogP contribution in [0, 0.1) is 0 Å². The molecule has 0 aliphatic heterocycles. The molecule has 0 atom stereocenters. The molecule has 6 nitrogen and oxygen atoms in total. The molecule has 0 saturated carbocycles. The van der Waals surface area contributed by atoms with Crippen molar-refractivity contribution in [3.63, 3.8) is 0 Å². The summed E-state index contributed by atoms with van der Waals surface area (Å²) in [7, 11) is 1.47. The van der Waals surface area contributed by atoms with E-state index in [0.29, 0.717) is 12.4 Å². The van der Waals surface area contributed by atoms with Crippen molar-refractivity contribution < 1.29 is 18.8 Å². The molecule has 6 heteroatoms. The summed E-state index contributed by atoms with van der Waals surface area (Å²) in [5.41, 5.74) is 0.783. The van der Waals surface area contributed by atoms with E-state index in [1.54, 1.807) is 0 Å². The highest BCUT2D eigenvalue weighted by molar-refractivity contribution is 5.81. The summed E-state index contributed by atoms with van der Waals surface area (Å²) in [6, 6.07) is 7.39. The molecule has 106 valence electrons. The Morgan fingerprint density at radius 1 is 1.40 bits per heavy atom. The van der Waals surface area contributed by atoms with Gasteiger partial charge in [0.2, 0.25) is 11.7 Å². The summed E-state index contributed by atoms with van der Waals surface area (Å²) >= 11 is 0. The molecule has 0 amide bonds. The van der Waals surface area contributed by atoms with E-state index in [9.17, 15) is 4.79 Å². The van der Waals surface area contributed by atoms with Crippen molar-refractivity contribution in [3.05, 3.63) is 30.2 Å². The molecule has 0 aliphatic rings. The second-order valence-electron chi connectivity index (χ2n) is 4.12. The number of hydrogen-bond acceptors (Lipinski definition) is 6. The maximum atomic E-state index is 11.4. The number of benzene rings is 1. The molecule has 0 saturated heterocycles. The van der Waals surface area contributed by atoms with Crippen LogP contribution in [-0.4, -0.2) is 36.2 Å². The molecule has 0 fully saturated rings. The molecule has 0 aliphatic carbocycles. The molecule has 20 heavy (non-hydrogen) atoms. The van der Waals surface area contributed by atoms with E-state index in [0.717, 1.165) is 11.3 Å². The Morgan fingerprint density at radius 2 is 2.25 bits per heavy atom. The summed E-state index contributed by atoms with van der Waals surface area (Å²) < 4.78 is 15.2. The van der Waals surface area contributed by atoms with E-state index in [1.165, 1.54) is 7.11 Å². The lowest BCUT2D eigenvalue weighted by Gasteiger charge is -2.02. The van der Waals surface area contributed by atoms with Crippen LogP contribution < -0.4 is 4.74 Å². The van der Waals surface area contributed by atoms with Crippen LogP contribution in [0.4, 0.5) is 0 Å². The summed E-state index contributed by atoms with van der Waals surface area (Å²) in [5.74, 6) is 1.35. The number of rotatable bonds is 7. The lowest BCUT2D eigenvalue weighted by Crippen LogP contribution is -2.09. The lowest BCUT2D eigenvalue weighted by molar-refractivity contribution is -0.122. The molecule has 0 radical (unpaired) electrons. The van der Waals surface area contributed by atoms with Gasteiger partial charge in [-0.3, -0.25) is 4.79 Å². The SMILES string of the molecule is CCOc1cccc(-c2noc(CC(=O)COC)n2)c1. The Kier molecular flexibility index (Phi) is 4.84. The number of carbonyl (C=O) groups is 1.